The van der Waals surface area contributed by atoms with E-state index in [1.807, 2.05) is 0 Å². The summed E-state index contributed by atoms with van der Waals surface area (Å²) in [4.78, 5) is 24.7. The molecule has 1 aromatic rings. The highest BCUT2D eigenvalue weighted by Crippen LogP contribution is 2.18. The predicted octanol–water partition coefficient (Wildman–Crippen LogP) is 21.0. The molecule has 0 aromatic heterocycles. The lowest BCUT2D eigenvalue weighted by Crippen LogP contribution is -2.15. The van der Waals surface area contributed by atoms with E-state index in [0.717, 1.165) is 25.7 Å². The van der Waals surface area contributed by atoms with Gasteiger partial charge in [-0.15, -0.1) is 0 Å². The maximum Gasteiger partial charge on any atom is 0.339 e. The van der Waals surface area contributed by atoms with Gasteiger partial charge in [0.05, 0.1) is 24.3 Å². The van der Waals surface area contributed by atoms with Crippen LogP contribution in [0.3, 0.4) is 0 Å². The van der Waals surface area contributed by atoms with E-state index in [0.29, 0.717) is 24.3 Å². The molecule has 0 aliphatic carbocycles. The van der Waals surface area contributed by atoms with Gasteiger partial charge in [0.15, 0.2) is 0 Å². The lowest BCUT2D eigenvalue weighted by molar-refractivity contribution is 0.0450. The van der Waals surface area contributed by atoms with E-state index in [2.05, 4.69) is 27.7 Å². The Morgan fingerprint density at radius 2 is 0.422 bits per heavy atom. The maximum absolute atomic E-state index is 12.4. The van der Waals surface area contributed by atoms with Crippen molar-refractivity contribution in [3.05, 3.63) is 35.4 Å². The number of hydrogen-bond acceptors (Lipinski definition) is 4. The molecule has 0 atom stereocenters. The Bertz CT molecular complexity index is 984. The fourth-order valence-corrected chi connectivity index (χ4v) is 8.89. The molecule has 0 amide bonds. The molecular formula is C60H112O4. The van der Waals surface area contributed by atoms with Gasteiger partial charge in [-0.2, -0.15) is 0 Å². The third kappa shape index (κ3) is 45.3. The van der Waals surface area contributed by atoms with E-state index in [1.54, 1.807) is 24.3 Å². The van der Waals surface area contributed by atoms with Crippen molar-refractivity contribution >= 4 is 11.9 Å². The van der Waals surface area contributed by atoms with Crippen molar-refractivity contribution in [3.8, 4) is 0 Å². The van der Waals surface area contributed by atoms with Crippen molar-refractivity contribution in [1.29, 1.82) is 0 Å². The van der Waals surface area contributed by atoms with Crippen molar-refractivity contribution in [1.82, 2.24) is 0 Å². The molecule has 1 rings (SSSR count). The Morgan fingerprint density at radius 3 is 0.594 bits per heavy atom. The van der Waals surface area contributed by atoms with Gasteiger partial charge in [-0.05, 0) is 25.0 Å². The minimum Gasteiger partial charge on any atom is -0.462 e. The van der Waals surface area contributed by atoms with E-state index in [9.17, 15) is 9.59 Å². The van der Waals surface area contributed by atoms with E-state index < -0.39 is 11.9 Å². The van der Waals surface area contributed by atoms with Crippen LogP contribution in [0, 0.1) is 0 Å². The standard InChI is InChI=1S/C36H74.C24H38O4/c1-3-5-7-9-11-13-15-17-19-21-23-25-27-29-31-33-35-36-34-32-30-28-26-24-22-20-18-16-14-12-10-8-6-4-2;1-3-5-7-9-11-15-19-27-23(25)21-17-13-14-18-22(21)24(26)28-20-16-12-10-8-6-4-2/h3-36H2,1-2H3;13-14,17-18H,3-12,15-16,19-20H2,1-2H3. The van der Waals surface area contributed by atoms with Crippen LogP contribution in [0.5, 0.6) is 0 Å². The van der Waals surface area contributed by atoms with Crippen LogP contribution in [0.25, 0.3) is 0 Å². The van der Waals surface area contributed by atoms with Gasteiger partial charge in [0.2, 0.25) is 0 Å². The first kappa shape index (κ1) is 62.2. The summed E-state index contributed by atoms with van der Waals surface area (Å²) in [6.07, 6.45) is 64.0. The zero-order valence-corrected chi connectivity index (χ0v) is 43.9. The van der Waals surface area contributed by atoms with Gasteiger partial charge < -0.3 is 9.47 Å². The normalized spacial score (nSPS) is 11.1. The van der Waals surface area contributed by atoms with Gasteiger partial charge >= 0.3 is 11.9 Å². The fourth-order valence-electron chi connectivity index (χ4n) is 8.89. The zero-order chi connectivity index (χ0) is 46.5. The summed E-state index contributed by atoms with van der Waals surface area (Å²) in [6.45, 7) is 9.79. The molecule has 0 unspecified atom stereocenters. The second-order valence-corrected chi connectivity index (χ2v) is 19.7. The van der Waals surface area contributed by atoms with Crippen molar-refractivity contribution < 1.29 is 19.1 Å². The second-order valence-electron chi connectivity index (χ2n) is 19.7. The average Bonchev–Trinajstić information content (AvgIpc) is 3.31. The molecule has 0 saturated heterocycles. The van der Waals surface area contributed by atoms with Crippen molar-refractivity contribution in [2.45, 2.75) is 323 Å². The molecule has 0 N–H and O–H groups in total. The van der Waals surface area contributed by atoms with Crippen molar-refractivity contribution in [2.24, 2.45) is 0 Å². The molecule has 0 heterocycles. The molecule has 64 heavy (non-hydrogen) atoms. The first-order chi connectivity index (χ1) is 31.6. The van der Waals surface area contributed by atoms with Gasteiger partial charge in [-0.3, -0.25) is 0 Å². The van der Waals surface area contributed by atoms with Gasteiger partial charge in [-0.1, -0.05) is 322 Å². The third-order valence-electron chi connectivity index (χ3n) is 13.3. The summed E-state index contributed by atoms with van der Waals surface area (Å²) in [5.74, 6) is -0.888. The number of rotatable bonds is 49. The molecule has 1 aromatic carbocycles. The minimum atomic E-state index is -0.444. The van der Waals surface area contributed by atoms with Crippen molar-refractivity contribution in [3.63, 3.8) is 0 Å². The van der Waals surface area contributed by atoms with E-state index in [4.69, 9.17) is 9.47 Å². The Morgan fingerprint density at radius 1 is 0.266 bits per heavy atom. The van der Waals surface area contributed by atoms with Gasteiger partial charge in [0, 0.05) is 0 Å². The molecule has 0 aliphatic heterocycles. The van der Waals surface area contributed by atoms with Crippen LogP contribution < -0.4 is 0 Å². The quantitative estimate of drug-likeness (QED) is 0.0483. The summed E-state index contributed by atoms with van der Waals surface area (Å²) in [7, 11) is 0. The smallest absolute Gasteiger partial charge is 0.339 e. The molecule has 0 aliphatic rings. The van der Waals surface area contributed by atoms with Crippen LogP contribution in [0.15, 0.2) is 24.3 Å². The Kier molecular flexibility index (Phi) is 52.2. The summed E-state index contributed by atoms with van der Waals surface area (Å²) in [5.41, 5.74) is 0.586. The number of benzene rings is 1. The maximum atomic E-state index is 12.4. The predicted molar refractivity (Wildman–Crippen MR) is 282 cm³/mol. The summed E-state index contributed by atoms with van der Waals surface area (Å²) >= 11 is 0. The average molecular weight is 898 g/mol. The molecule has 4 nitrogen and oxygen atoms in total. The molecule has 376 valence electrons. The molecular weight excluding hydrogens is 785 g/mol. The third-order valence-corrected chi connectivity index (χ3v) is 13.3. The SMILES string of the molecule is CCCCCCCCCCCCCCCCCCCCCCCCCCCCCCCCCCCC.CCCCCCCCOC(=O)c1ccccc1C(=O)OCCCCCCCC. The highest BCUT2D eigenvalue weighted by molar-refractivity contribution is 6.03. The van der Waals surface area contributed by atoms with E-state index in [-0.39, 0.29) is 0 Å². The number of carbonyl (C=O) groups excluding carboxylic acids is 2. The zero-order valence-electron chi connectivity index (χ0n) is 43.9. The minimum absolute atomic E-state index is 0.293. The largest absolute Gasteiger partial charge is 0.462 e. The topological polar surface area (TPSA) is 52.6 Å². The Balaban J connectivity index is 0.00000128. The van der Waals surface area contributed by atoms with Crippen LogP contribution >= 0.6 is 0 Å². The van der Waals surface area contributed by atoms with Gasteiger partial charge in [0.1, 0.15) is 0 Å². The second kappa shape index (κ2) is 53.8. The van der Waals surface area contributed by atoms with E-state index >= 15 is 0 Å². The Labute approximate surface area is 401 Å². The molecule has 0 saturated carbocycles. The molecule has 0 bridgehead atoms. The number of ether oxygens (including phenoxy) is 2. The number of carbonyl (C=O) groups is 2. The molecule has 0 fully saturated rings. The number of unbranched alkanes of at least 4 members (excludes halogenated alkanes) is 43. The summed E-state index contributed by atoms with van der Waals surface area (Å²) < 4.78 is 10.7. The van der Waals surface area contributed by atoms with Crippen LogP contribution in [0.2, 0.25) is 0 Å². The molecule has 0 spiro atoms. The van der Waals surface area contributed by atoms with Crippen LogP contribution in [-0.4, -0.2) is 25.2 Å². The lowest BCUT2D eigenvalue weighted by atomic mass is 10.0. The monoisotopic (exact) mass is 897 g/mol. The van der Waals surface area contributed by atoms with Crippen LogP contribution in [0.4, 0.5) is 0 Å². The van der Waals surface area contributed by atoms with Gasteiger partial charge in [-0.25, -0.2) is 9.59 Å². The lowest BCUT2D eigenvalue weighted by Gasteiger charge is -2.10. The number of hydrogen-bond donors (Lipinski definition) is 0. The van der Waals surface area contributed by atoms with Crippen LogP contribution in [-0.2, 0) is 9.47 Å². The fraction of sp³-hybridized carbons (Fsp3) is 0.867. The number of esters is 2. The van der Waals surface area contributed by atoms with Crippen molar-refractivity contribution in [2.75, 3.05) is 13.2 Å². The highest BCUT2D eigenvalue weighted by atomic mass is 16.5. The first-order valence-electron chi connectivity index (χ1n) is 29.0. The van der Waals surface area contributed by atoms with E-state index in [1.165, 1.54) is 270 Å². The Hall–Kier alpha value is -1.84. The molecule has 4 heteroatoms. The molecule has 0 radical (unpaired) electrons. The highest BCUT2D eigenvalue weighted by Gasteiger charge is 2.19. The van der Waals surface area contributed by atoms with Gasteiger partial charge in [0.25, 0.3) is 0 Å². The first-order valence-corrected chi connectivity index (χ1v) is 29.0. The van der Waals surface area contributed by atoms with Crippen LogP contribution in [0.1, 0.15) is 344 Å². The summed E-state index contributed by atoms with van der Waals surface area (Å²) in [6, 6.07) is 6.74. The summed E-state index contributed by atoms with van der Waals surface area (Å²) in [5, 5.41) is 0.